The number of para-hydroxylation sites is 1. The lowest BCUT2D eigenvalue weighted by atomic mass is 10.2. The van der Waals surface area contributed by atoms with Gasteiger partial charge < -0.3 is 20.7 Å². The van der Waals surface area contributed by atoms with Gasteiger partial charge in [-0.1, -0.05) is 35.1 Å². The van der Waals surface area contributed by atoms with Gasteiger partial charge in [0.1, 0.15) is 11.5 Å². The third-order valence-electron chi connectivity index (χ3n) is 5.28. The molecule has 38 heavy (non-hydrogen) atoms. The summed E-state index contributed by atoms with van der Waals surface area (Å²) < 4.78 is 46.0. The predicted molar refractivity (Wildman–Crippen MR) is 145 cm³/mol. The first-order valence-electron chi connectivity index (χ1n) is 11.2. The van der Waals surface area contributed by atoms with E-state index < -0.39 is 22.8 Å². The number of hydrogen-bond donors (Lipinski definition) is 3. The van der Waals surface area contributed by atoms with E-state index in [1.54, 1.807) is 35.6 Å². The van der Waals surface area contributed by atoms with Crippen LogP contribution >= 0.6 is 22.9 Å². The number of carbonyl (C=O) groups excluding carboxylic acids is 1. The Balaban J connectivity index is 1.16. The molecule has 0 radical (unpaired) electrons. The van der Waals surface area contributed by atoms with E-state index in [-0.39, 0.29) is 5.69 Å². The van der Waals surface area contributed by atoms with Gasteiger partial charge in [0, 0.05) is 17.1 Å². The minimum absolute atomic E-state index is 0.0414. The number of thiazole rings is 1. The number of ether oxygens (including phenoxy) is 1. The average molecular weight is 555 g/mol. The number of nitrogens with one attached hydrogen (secondary N) is 3. The summed E-state index contributed by atoms with van der Waals surface area (Å²) in [6, 6.07) is 24.3. The molecule has 0 aliphatic heterocycles. The molecular weight excluding hydrogens is 537 g/mol. The number of nitrogens with zero attached hydrogens (tertiary/aromatic N) is 1. The standard InChI is InChI=1S/C27H18ClF3N4O2S/c28-22-14-9-18(15-21(22)27(29,30)31)33-25(36)32-16-5-10-19(11-6-16)37-20-12-7-17(8-13-20)34-26-35-23-3-1-2-4-24(23)38-26/h1-15H,(H,34,35)(H2,32,33,36). The Morgan fingerprint density at radius 3 is 2.08 bits per heavy atom. The minimum atomic E-state index is -4.63. The molecule has 0 fully saturated rings. The molecule has 0 saturated carbocycles. The predicted octanol–water partition coefficient (Wildman–Crippen LogP) is 9.15. The number of carbonyl (C=O) groups is 1. The normalized spacial score (nSPS) is 11.3. The SMILES string of the molecule is O=C(Nc1ccc(Oc2ccc(Nc3nc4ccccc4s3)cc2)cc1)Nc1ccc(Cl)c(C(F)(F)F)c1. The van der Waals surface area contributed by atoms with Crippen LogP contribution in [0.3, 0.4) is 0 Å². The van der Waals surface area contributed by atoms with E-state index in [9.17, 15) is 18.0 Å². The largest absolute Gasteiger partial charge is 0.457 e. The maximum absolute atomic E-state index is 13.0. The number of rotatable bonds is 6. The Hall–Kier alpha value is -4.28. The average Bonchev–Trinajstić information content (AvgIpc) is 3.29. The highest BCUT2D eigenvalue weighted by molar-refractivity contribution is 7.22. The third kappa shape index (κ3) is 6.16. The summed E-state index contributed by atoms with van der Waals surface area (Å²) in [6.07, 6.45) is -4.63. The summed E-state index contributed by atoms with van der Waals surface area (Å²) in [7, 11) is 0. The van der Waals surface area contributed by atoms with Crippen LogP contribution in [0.5, 0.6) is 11.5 Å². The molecule has 11 heteroatoms. The highest BCUT2D eigenvalue weighted by atomic mass is 35.5. The number of halogens is 4. The van der Waals surface area contributed by atoms with Crippen LogP contribution in [0.2, 0.25) is 5.02 Å². The molecule has 0 unspecified atom stereocenters. The van der Waals surface area contributed by atoms with Gasteiger partial charge in [-0.2, -0.15) is 13.2 Å². The fourth-order valence-corrected chi connectivity index (χ4v) is 4.62. The van der Waals surface area contributed by atoms with E-state index >= 15 is 0 Å². The topological polar surface area (TPSA) is 75.3 Å². The van der Waals surface area contributed by atoms with Crippen molar-refractivity contribution in [3.05, 3.63) is 102 Å². The second kappa shape index (κ2) is 10.6. The van der Waals surface area contributed by atoms with Gasteiger partial charge in [-0.3, -0.25) is 0 Å². The van der Waals surface area contributed by atoms with Crippen molar-refractivity contribution in [1.82, 2.24) is 4.98 Å². The van der Waals surface area contributed by atoms with E-state index in [4.69, 9.17) is 16.3 Å². The zero-order chi connectivity index (χ0) is 26.7. The lowest BCUT2D eigenvalue weighted by Crippen LogP contribution is -2.19. The third-order valence-corrected chi connectivity index (χ3v) is 6.56. The molecule has 4 aromatic carbocycles. The molecule has 192 valence electrons. The fourth-order valence-electron chi connectivity index (χ4n) is 3.51. The highest BCUT2D eigenvalue weighted by Gasteiger charge is 2.33. The zero-order valence-electron chi connectivity index (χ0n) is 19.3. The van der Waals surface area contributed by atoms with Gasteiger partial charge in [0.05, 0.1) is 20.8 Å². The first-order chi connectivity index (χ1) is 18.2. The highest BCUT2D eigenvalue weighted by Crippen LogP contribution is 2.36. The van der Waals surface area contributed by atoms with Crippen LogP contribution in [0.1, 0.15) is 5.56 Å². The van der Waals surface area contributed by atoms with Crippen molar-refractivity contribution in [3.8, 4) is 11.5 Å². The van der Waals surface area contributed by atoms with Crippen molar-refractivity contribution < 1.29 is 22.7 Å². The molecular formula is C27H18ClF3N4O2S. The van der Waals surface area contributed by atoms with Gasteiger partial charge >= 0.3 is 12.2 Å². The maximum Gasteiger partial charge on any atom is 0.417 e. The number of hydrogen-bond acceptors (Lipinski definition) is 5. The molecule has 0 bridgehead atoms. The van der Waals surface area contributed by atoms with Gasteiger partial charge in [-0.25, -0.2) is 9.78 Å². The molecule has 2 amide bonds. The van der Waals surface area contributed by atoms with E-state index in [1.165, 1.54) is 6.07 Å². The molecule has 0 saturated heterocycles. The quantitative estimate of drug-likeness (QED) is 0.196. The lowest BCUT2D eigenvalue weighted by Gasteiger charge is -2.12. The molecule has 6 nitrogen and oxygen atoms in total. The van der Waals surface area contributed by atoms with E-state index in [1.807, 2.05) is 48.5 Å². The summed E-state index contributed by atoms with van der Waals surface area (Å²) in [5, 5.41) is 8.56. The Bertz CT molecular complexity index is 1560. The lowest BCUT2D eigenvalue weighted by molar-refractivity contribution is -0.137. The van der Waals surface area contributed by atoms with Gasteiger partial charge in [0.15, 0.2) is 5.13 Å². The van der Waals surface area contributed by atoms with Crippen molar-refractivity contribution in [2.75, 3.05) is 16.0 Å². The first kappa shape index (κ1) is 25.4. The second-order valence-corrected chi connectivity index (χ2v) is 9.47. The minimum Gasteiger partial charge on any atom is -0.457 e. The molecule has 0 atom stereocenters. The van der Waals surface area contributed by atoms with Crippen LogP contribution in [0.15, 0.2) is 91.0 Å². The molecule has 5 aromatic rings. The summed E-state index contributed by atoms with van der Waals surface area (Å²) in [5.74, 6) is 1.15. The van der Waals surface area contributed by atoms with E-state index in [0.717, 1.165) is 33.2 Å². The number of aromatic nitrogens is 1. The van der Waals surface area contributed by atoms with Crippen LogP contribution in [0, 0.1) is 0 Å². The molecule has 3 N–H and O–H groups in total. The number of fused-ring (bicyclic) bond motifs is 1. The number of urea groups is 1. The van der Waals surface area contributed by atoms with E-state index in [2.05, 4.69) is 20.9 Å². The number of anilines is 4. The summed E-state index contributed by atoms with van der Waals surface area (Å²) in [5.41, 5.74) is 1.16. The van der Waals surface area contributed by atoms with Crippen molar-refractivity contribution in [2.24, 2.45) is 0 Å². The molecule has 0 spiro atoms. The number of amides is 2. The molecule has 5 rings (SSSR count). The van der Waals surface area contributed by atoms with Gasteiger partial charge in [0.25, 0.3) is 0 Å². The Labute approximate surface area is 224 Å². The second-order valence-electron chi connectivity index (χ2n) is 8.03. The van der Waals surface area contributed by atoms with Crippen LogP contribution in [0.25, 0.3) is 10.2 Å². The molecule has 1 aromatic heterocycles. The van der Waals surface area contributed by atoms with Gasteiger partial charge in [-0.15, -0.1) is 0 Å². The van der Waals surface area contributed by atoms with Crippen LogP contribution in [-0.2, 0) is 6.18 Å². The smallest absolute Gasteiger partial charge is 0.417 e. The van der Waals surface area contributed by atoms with Crippen LogP contribution in [-0.4, -0.2) is 11.0 Å². The van der Waals surface area contributed by atoms with Gasteiger partial charge in [-0.05, 0) is 78.9 Å². The Morgan fingerprint density at radius 1 is 0.816 bits per heavy atom. The number of benzene rings is 4. The maximum atomic E-state index is 13.0. The van der Waals surface area contributed by atoms with E-state index in [0.29, 0.717) is 17.2 Å². The Kier molecular flexibility index (Phi) is 7.08. The summed E-state index contributed by atoms with van der Waals surface area (Å²) in [4.78, 5) is 16.8. The molecule has 0 aliphatic rings. The van der Waals surface area contributed by atoms with Crippen molar-refractivity contribution in [3.63, 3.8) is 0 Å². The monoisotopic (exact) mass is 554 g/mol. The fraction of sp³-hybridized carbons (Fsp3) is 0.0370. The van der Waals surface area contributed by atoms with Crippen LogP contribution in [0.4, 0.5) is 40.2 Å². The van der Waals surface area contributed by atoms with Crippen molar-refractivity contribution in [1.29, 1.82) is 0 Å². The molecule has 1 heterocycles. The van der Waals surface area contributed by atoms with Crippen molar-refractivity contribution >= 4 is 61.4 Å². The zero-order valence-corrected chi connectivity index (χ0v) is 20.9. The summed E-state index contributed by atoms with van der Waals surface area (Å²) in [6.45, 7) is 0. The van der Waals surface area contributed by atoms with Gasteiger partial charge in [0.2, 0.25) is 0 Å². The first-order valence-corrected chi connectivity index (χ1v) is 12.4. The molecule has 0 aliphatic carbocycles. The number of alkyl halides is 3. The van der Waals surface area contributed by atoms with Crippen LogP contribution < -0.4 is 20.7 Å². The Morgan fingerprint density at radius 2 is 1.42 bits per heavy atom. The van der Waals surface area contributed by atoms with Crippen molar-refractivity contribution in [2.45, 2.75) is 6.18 Å². The summed E-state index contributed by atoms with van der Waals surface area (Å²) >= 11 is 7.18.